The molecular formula is C14H23N3O2. The maximum absolute atomic E-state index is 12.5. The Bertz CT molecular complexity index is 440. The SMILES string of the molecule is CC(O)C1CCCN(C(=O)c2ccnn2C(C)C)C1. The standard InChI is InChI=1S/C14H23N3O2/c1-10(2)17-13(6-7-15-17)14(19)16-8-4-5-12(9-16)11(3)18/h6-7,10-12,18H,4-5,8-9H2,1-3H3. The van der Waals surface area contributed by atoms with Gasteiger partial charge in [0, 0.05) is 31.2 Å². The number of piperidine rings is 1. The average molecular weight is 265 g/mol. The van der Waals surface area contributed by atoms with E-state index in [0.29, 0.717) is 12.2 Å². The molecule has 0 aliphatic carbocycles. The van der Waals surface area contributed by atoms with Gasteiger partial charge in [-0.05, 0) is 39.7 Å². The molecule has 1 aromatic heterocycles. The van der Waals surface area contributed by atoms with Crippen LogP contribution in [0.1, 0.15) is 50.1 Å². The Morgan fingerprint density at radius 2 is 2.21 bits per heavy atom. The van der Waals surface area contributed by atoms with Crippen molar-refractivity contribution in [1.82, 2.24) is 14.7 Å². The highest BCUT2D eigenvalue weighted by Crippen LogP contribution is 2.21. The molecule has 5 nitrogen and oxygen atoms in total. The minimum Gasteiger partial charge on any atom is -0.393 e. The van der Waals surface area contributed by atoms with E-state index in [2.05, 4.69) is 5.10 Å². The van der Waals surface area contributed by atoms with Crippen molar-refractivity contribution in [2.24, 2.45) is 5.92 Å². The maximum atomic E-state index is 12.5. The van der Waals surface area contributed by atoms with E-state index in [1.165, 1.54) is 0 Å². The van der Waals surface area contributed by atoms with Gasteiger partial charge in [-0.3, -0.25) is 9.48 Å². The fourth-order valence-corrected chi connectivity index (χ4v) is 2.65. The predicted octanol–water partition coefficient (Wildman–Crippen LogP) is 1.70. The largest absolute Gasteiger partial charge is 0.393 e. The van der Waals surface area contributed by atoms with Crippen LogP contribution < -0.4 is 0 Å². The number of hydrogen-bond donors (Lipinski definition) is 1. The molecule has 1 N–H and O–H groups in total. The highest BCUT2D eigenvalue weighted by atomic mass is 16.3. The van der Waals surface area contributed by atoms with Gasteiger partial charge in [0.1, 0.15) is 5.69 Å². The second kappa shape index (κ2) is 5.74. The lowest BCUT2D eigenvalue weighted by Crippen LogP contribution is -2.43. The first kappa shape index (κ1) is 14.1. The fourth-order valence-electron chi connectivity index (χ4n) is 2.65. The molecule has 1 amide bonds. The lowest BCUT2D eigenvalue weighted by Gasteiger charge is -2.34. The third-order valence-corrected chi connectivity index (χ3v) is 3.81. The van der Waals surface area contributed by atoms with Gasteiger partial charge in [-0.15, -0.1) is 0 Å². The van der Waals surface area contributed by atoms with Crippen LogP contribution in [0.4, 0.5) is 0 Å². The summed E-state index contributed by atoms with van der Waals surface area (Å²) in [6.07, 6.45) is 3.26. The number of hydrogen-bond acceptors (Lipinski definition) is 3. The van der Waals surface area contributed by atoms with Crippen molar-refractivity contribution in [2.75, 3.05) is 13.1 Å². The monoisotopic (exact) mass is 265 g/mol. The van der Waals surface area contributed by atoms with Gasteiger partial charge in [0.2, 0.25) is 0 Å². The summed E-state index contributed by atoms with van der Waals surface area (Å²) < 4.78 is 1.76. The normalized spacial score (nSPS) is 21.7. The highest BCUT2D eigenvalue weighted by Gasteiger charge is 2.28. The highest BCUT2D eigenvalue weighted by molar-refractivity contribution is 5.92. The molecule has 0 spiro atoms. The molecule has 0 saturated carbocycles. The van der Waals surface area contributed by atoms with Crippen molar-refractivity contribution in [3.8, 4) is 0 Å². The van der Waals surface area contributed by atoms with Crippen molar-refractivity contribution in [3.63, 3.8) is 0 Å². The Kier molecular flexibility index (Phi) is 4.24. The molecule has 0 bridgehead atoms. The fraction of sp³-hybridized carbons (Fsp3) is 0.714. The van der Waals surface area contributed by atoms with Crippen LogP contribution in [0.3, 0.4) is 0 Å². The molecule has 2 heterocycles. The lowest BCUT2D eigenvalue weighted by molar-refractivity contribution is 0.0455. The number of aliphatic hydroxyl groups is 1. The van der Waals surface area contributed by atoms with Crippen molar-refractivity contribution >= 4 is 5.91 Å². The summed E-state index contributed by atoms with van der Waals surface area (Å²) in [4.78, 5) is 14.4. The zero-order valence-electron chi connectivity index (χ0n) is 11.9. The van der Waals surface area contributed by atoms with Gasteiger partial charge in [-0.1, -0.05) is 0 Å². The van der Waals surface area contributed by atoms with Crippen LogP contribution in [0.2, 0.25) is 0 Å². The molecule has 1 fully saturated rings. The van der Waals surface area contributed by atoms with E-state index >= 15 is 0 Å². The summed E-state index contributed by atoms with van der Waals surface area (Å²) in [5.41, 5.74) is 0.640. The van der Waals surface area contributed by atoms with E-state index < -0.39 is 0 Å². The second-order valence-electron chi connectivity index (χ2n) is 5.65. The number of amides is 1. The molecule has 0 aromatic carbocycles. The molecule has 1 aromatic rings. The molecule has 0 radical (unpaired) electrons. The van der Waals surface area contributed by atoms with E-state index in [0.717, 1.165) is 19.4 Å². The Labute approximate surface area is 114 Å². The number of aliphatic hydroxyl groups excluding tert-OH is 1. The first-order valence-electron chi connectivity index (χ1n) is 7.01. The van der Waals surface area contributed by atoms with Crippen molar-refractivity contribution in [1.29, 1.82) is 0 Å². The van der Waals surface area contributed by atoms with Crippen LogP contribution in [-0.2, 0) is 0 Å². The Morgan fingerprint density at radius 1 is 1.47 bits per heavy atom. The number of carbonyl (C=O) groups excluding carboxylic acids is 1. The van der Waals surface area contributed by atoms with Gasteiger partial charge < -0.3 is 10.0 Å². The zero-order chi connectivity index (χ0) is 14.0. The van der Waals surface area contributed by atoms with Crippen LogP contribution in [0.25, 0.3) is 0 Å². The third-order valence-electron chi connectivity index (χ3n) is 3.81. The van der Waals surface area contributed by atoms with Crippen LogP contribution in [0.5, 0.6) is 0 Å². The van der Waals surface area contributed by atoms with Gasteiger partial charge in [0.25, 0.3) is 5.91 Å². The van der Waals surface area contributed by atoms with Gasteiger partial charge in [-0.25, -0.2) is 0 Å². The summed E-state index contributed by atoms with van der Waals surface area (Å²) in [5, 5.41) is 13.9. The smallest absolute Gasteiger partial charge is 0.272 e. The summed E-state index contributed by atoms with van der Waals surface area (Å²) in [6.45, 7) is 7.24. The summed E-state index contributed by atoms with van der Waals surface area (Å²) in [5.74, 6) is 0.213. The summed E-state index contributed by atoms with van der Waals surface area (Å²) in [7, 11) is 0. The molecule has 106 valence electrons. The Balaban J connectivity index is 2.13. The first-order valence-corrected chi connectivity index (χ1v) is 7.01. The number of likely N-dealkylation sites (tertiary alicyclic amines) is 1. The van der Waals surface area contributed by atoms with E-state index in [1.807, 2.05) is 18.7 Å². The third kappa shape index (κ3) is 2.97. The number of carbonyl (C=O) groups is 1. The van der Waals surface area contributed by atoms with Crippen LogP contribution >= 0.6 is 0 Å². The van der Waals surface area contributed by atoms with Gasteiger partial charge >= 0.3 is 0 Å². The second-order valence-corrected chi connectivity index (χ2v) is 5.65. The number of rotatable bonds is 3. The van der Waals surface area contributed by atoms with Gasteiger partial charge in [0.05, 0.1) is 6.10 Å². The molecule has 1 aliphatic rings. The van der Waals surface area contributed by atoms with E-state index in [4.69, 9.17) is 0 Å². The van der Waals surface area contributed by atoms with Crippen molar-refractivity contribution < 1.29 is 9.90 Å². The van der Waals surface area contributed by atoms with Gasteiger partial charge in [-0.2, -0.15) is 5.10 Å². The molecule has 2 rings (SSSR count). The van der Waals surface area contributed by atoms with Crippen LogP contribution in [-0.4, -0.2) is 44.9 Å². The number of aromatic nitrogens is 2. The Hall–Kier alpha value is -1.36. The Morgan fingerprint density at radius 3 is 2.84 bits per heavy atom. The van der Waals surface area contributed by atoms with Crippen molar-refractivity contribution in [2.45, 2.75) is 45.8 Å². The summed E-state index contributed by atoms with van der Waals surface area (Å²) in [6, 6.07) is 1.94. The van der Waals surface area contributed by atoms with Gasteiger partial charge in [0.15, 0.2) is 0 Å². The maximum Gasteiger partial charge on any atom is 0.272 e. The van der Waals surface area contributed by atoms with Crippen molar-refractivity contribution in [3.05, 3.63) is 18.0 Å². The molecule has 1 saturated heterocycles. The van der Waals surface area contributed by atoms with E-state index in [1.54, 1.807) is 23.9 Å². The predicted molar refractivity (Wildman–Crippen MR) is 72.9 cm³/mol. The zero-order valence-corrected chi connectivity index (χ0v) is 11.9. The summed E-state index contributed by atoms with van der Waals surface area (Å²) >= 11 is 0. The van der Waals surface area contributed by atoms with Crippen LogP contribution in [0.15, 0.2) is 12.3 Å². The minimum atomic E-state index is -0.356. The van der Waals surface area contributed by atoms with E-state index in [9.17, 15) is 9.90 Å². The minimum absolute atomic E-state index is 0.0246. The lowest BCUT2D eigenvalue weighted by atomic mass is 9.93. The first-order chi connectivity index (χ1) is 9.00. The average Bonchev–Trinajstić information content (AvgIpc) is 2.87. The molecule has 1 aliphatic heterocycles. The molecule has 5 heteroatoms. The number of nitrogens with zero attached hydrogens (tertiary/aromatic N) is 3. The molecule has 2 unspecified atom stereocenters. The van der Waals surface area contributed by atoms with Crippen LogP contribution in [0, 0.1) is 5.92 Å². The quantitative estimate of drug-likeness (QED) is 0.905. The topological polar surface area (TPSA) is 58.4 Å². The molecule has 2 atom stereocenters. The van der Waals surface area contributed by atoms with E-state index in [-0.39, 0.29) is 24.0 Å². The molecule has 19 heavy (non-hydrogen) atoms. The molecular weight excluding hydrogens is 242 g/mol.